The smallest absolute Gasteiger partial charge is 0.135 e. The number of phenols is 1. The average Bonchev–Trinajstić information content (AvgIpc) is 2.48. The summed E-state index contributed by atoms with van der Waals surface area (Å²) in [5.41, 5.74) is 3.01. The highest BCUT2D eigenvalue weighted by atomic mass is 35.5. The first-order chi connectivity index (χ1) is 10.2. The van der Waals surface area contributed by atoms with Crippen molar-refractivity contribution in [2.24, 2.45) is 0 Å². The van der Waals surface area contributed by atoms with Crippen molar-refractivity contribution in [3.63, 3.8) is 0 Å². The van der Waals surface area contributed by atoms with E-state index in [9.17, 15) is 5.11 Å². The molecule has 108 valence electrons. The zero-order valence-electron chi connectivity index (χ0n) is 11.9. The Morgan fingerprint density at radius 1 is 1.14 bits per heavy atom. The van der Waals surface area contributed by atoms with Gasteiger partial charge in [-0.15, -0.1) is 11.6 Å². The van der Waals surface area contributed by atoms with Gasteiger partial charge in [-0.1, -0.05) is 30.0 Å². The molecule has 3 heteroatoms. The maximum absolute atomic E-state index is 9.27. The molecule has 0 atom stereocenters. The molecule has 0 aromatic heterocycles. The SMILES string of the molecule is Cc1ccc(OCc2ccc(O)cc2)c(C#CCCCl)c1. The summed E-state index contributed by atoms with van der Waals surface area (Å²) in [4.78, 5) is 0. The summed E-state index contributed by atoms with van der Waals surface area (Å²) >= 11 is 5.64. The van der Waals surface area contributed by atoms with Crippen LogP contribution in [0.1, 0.15) is 23.1 Å². The molecule has 0 saturated carbocycles. The van der Waals surface area contributed by atoms with Gasteiger partial charge in [-0.25, -0.2) is 0 Å². The van der Waals surface area contributed by atoms with Crippen LogP contribution in [0.25, 0.3) is 0 Å². The van der Waals surface area contributed by atoms with Crippen molar-refractivity contribution >= 4 is 11.6 Å². The van der Waals surface area contributed by atoms with Gasteiger partial charge in [0.15, 0.2) is 0 Å². The van der Waals surface area contributed by atoms with Crippen molar-refractivity contribution in [3.8, 4) is 23.3 Å². The number of rotatable bonds is 4. The zero-order valence-corrected chi connectivity index (χ0v) is 12.7. The molecule has 2 aromatic carbocycles. The molecule has 0 saturated heterocycles. The molecule has 0 spiro atoms. The summed E-state index contributed by atoms with van der Waals surface area (Å²) in [5.74, 6) is 7.67. The molecular weight excluding hydrogens is 284 g/mol. The first-order valence-corrected chi connectivity index (χ1v) is 7.28. The minimum absolute atomic E-state index is 0.252. The van der Waals surface area contributed by atoms with Gasteiger partial charge in [0.1, 0.15) is 18.1 Å². The van der Waals surface area contributed by atoms with E-state index >= 15 is 0 Å². The van der Waals surface area contributed by atoms with E-state index in [2.05, 4.69) is 11.8 Å². The molecule has 1 N–H and O–H groups in total. The Morgan fingerprint density at radius 3 is 2.62 bits per heavy atom. The van der Waals surface area contributed by atoms with Crippen LogP contribution in [-0.2, 0) is 6.61 Å². The molecule has 2 aromatic rings. The van der Waals surface area contributed by atoms with Crippen molar-refractivity contribution in [3.05, 3.63) is 59.2 Å². The normalized spacial score (nSPS) is 9.81. The van der Waals surface area contributed by atoms with Crippen LogP contribution in [0.5, 0.6) is 11.5 Å². The third-order valence-corrected chi connectivity index (χ3v) is 3.10. The van der Waals surface area contributed by atoms with Gasteiger partial charge in [-0.2, -0.15) is 0 Å². The largest absolute Gasteiger partial charge is 0.508 e. The highest BCUT2D eigenvalue weighted by Gasteiger charge is 2.03. The number of hydrogen-bond acceptors (Lipinski definition) is 2. The topological polar surface area (TPSA) is 29.5 Å². The van der Waals surface area contributed by atoms with Crippen molar-refractivity contribution in [2.45, 2.75) is 20.0 Å². The summed E-state index contributed by atoms with van der Waals surface area (Å²) in [6, 6.07) is 12.9. The van der Waals surface area contributed by atoms with Gasteiger partial charge in [0, 0.05) is 12.3 Å². The molecule has 0 aliphatic heterocycles. The van der Waals surface area contributed by atoms with Gasteiger partial charge >= 0.3 is 0 Å². The van der Waals surface area contributed by atoms with Crippen LogP contribution >= 0.6 is 11.6 Å². The van der Waals surface area contributed by atoms with Crippen molar-refractivity contribution in [2.75, 3.05) is 5.88 Å². The highest BCUT2D eigenvalue weighted by molar-refractivity contribution is 6.18. The van der Waals surface area contributed by atoms with Crippen molar-refractivity contribution < 1.29 is 9.84 Å². The summed E-state index contributed by atoms with van der Waals surface area (Å²) in [5, 5.41) is 9.27. The fraction of sp³-hybridized carbons (Fsp3) is 0.222. The second-order valence-corrected chi connectivity index (χ2v) is 5.07. The molecule has 0 bridgehead atoms. The molecule has 21 heavy (non-hydrogen) atoms. The van der Waals surface area contributed by atoms with Crippen molar-refractivity contribution in [1.29, 1.82) is 0 Å². The Hall–Kier alpha value is -2.11. The molecule has 0 aliphatic carbocycles. The monoisotopic (exact) mass is 300 g/mol. The quantitative estimate of drug-likeness (QED) is 0.675. The molecule has 0 heterocycles. The summed E-state index contributed by atoms with van der Waals surface area (Å²) in [7, 11) is 0. The number of benzene rings is 2. The fourth-order valence-electron chi connectivity index (χ4n) is 1.83. The average molecular weight is 301 g/mol. The third kappa shape index (κ3) is 4.73. The highest BCUT2D eigenvalue weighted by Crippen LogP contribution is 2.21. The van der Waals surface area contributed by atoms with E-state index in [-0.39, 0.29) is 5.75 Å². The number of aromatic hydroxyl groups is 1. The van der Waals surface area contributed by atoms with Gasteiger partial charge in [-0.3, -0.25) is 0 Å². The fourth-order valence-corrected chi connectivity index (χ4v) is 1.92. The molecule has 2 rings (SSSR count). The van der Waals surface area contributed by atoms with Crippen LogP contribution in [0.15, 0.2) is 42.5 Å². The van der Waals surface area contributed by atoms with E-state index in [1.54, 1.807) is 12.1 Å². The second-order valence-electron chi connectivity index (χ2n) is 4.70. The lowest BCUT2D eigenvalue weighted by Crippen LogP contribution is -1.97. The van der Waals surface area contributed by atoms with Crippen LogP contribution in [0.2, 0.25) is 0 Å². The van der Waals surface area contributed by atoms with E-state index in [0.29, 0.717) is 18.9 Å². The van der Waals surface area contributed by atoms with Gasteiger partial charge in [0.25, 0.3) is 0 Å². The molecular formula is C18H17ClO2. The zero-order chi connectivity index (χ0) is 15.1. The first kappa shape index (κ1) is 15.3. The molecule has 2 nitrogen and oxygen atoms in total. The number of halogens is 1. The summed E-state index contributed by atoms with van der Waals surface area (Å²) < 4.78 is 5.83. The summed E-state index contributed by atoms with van der Waals surface area (Å²) in [6.07, 6.45) is 0.660. The number of aryl methyl sites for hydroxylation is 1. The molecule has 0 unspecified atom stereocenters. The Balaban J connectivity index is 2.12. The predicted molar refractivity (Wildman–Crippen MR) is 85.8 cm³/mol. The van der Waals surface area contributed by atoms with E-state index in [4.69, 9.17) is 16.3 Å². The van der Waals surface area contributed by atoms with Gasteiger partial charge < -0.3 is 9.84 Å². The van der Waals surface area contributed by atoms with Crippen LogP contribution in [0, 0.1) is 18.8 Å². The maximum Gasteiger partial charge on any atom is 0.135 e. The Labute approximate surface area is 130 Å². The van der Waals surface area contributed by atoms with Gasteiger partial charge in [0.2, 0.25) is 0 Å². The lowest BCUT2D eigenvalue weighted by atomic mass is 10.1. The number of hydrogen-bond donors (Lipinski definition) is 1. The molecule has 0 radical (unpaired) electrons. The van der Waals surface area contributed by atoms with E-state index < -0.39 is 0 Å². The van der Waals surface area contributed by atoms with Crippen LogP contribution in [0.4, 0.5) is 0 Å². The Bertz CT molecular complexity index is 651. The standard InChI is InChI=1S/C18H17ClO2/c1-14-5-10-18(16(12-14)4-2-3-11-19)21-13-15-6-8-17(20)9-7-15/h5-10,12,20H,3,11,13H2,1H3. The van der Waals surface area contributed by atoms with Gasteiger partial charge in [-0.05, 0) is 42.3 Å². The first-order valence-electron chi connectivity index (χ1n) is 6.75. The number of phenolic OH excluding ortho intramolecular Hbond substituents is 1. The number of alkyl halides is 1. The third-order valence-electron chi connectivity index (χ3n) is 2.91. The van der Waals surface area contributed by atoms with Crippen LogP contribution in [0.3, 0.4) is 0 Å². The van der Waals surface area contributed by atoms with E-state index in [1.165, 1.54) is 0 Å². The summed E-state index contributed by atoms with van der Waals surface area (Å²) in [6.45, 7) is 2.46. The van der Waals surface area contributed by atoms with E-state index in [0.717, 1.165) is 22.4 Å². The molecule has 0 aliphatic rings. The van der Waals surface area contributed by atoms with Gasteiger partial charge in [0.05, 0.1) is 5.56 Å². The van der Waals surface area contributed by atoms with E-state index in [1.807, 2.05) is 37.3 Å². The predicted octanol–water partition coefficient (Wildman–Crippen LogP) is 4.26. The van der Waals surface area contributed by atoms with Crippen LogP contribution in [-0.4, -0.2) is 11.0 Å². The maximum atomic E-state index is 9.27. The Morgan fingerprint density at radius 2 is 1.90 bits per heavy atom. The minimum Gasteiger partial charge on any atom is -0.508 e. The lowest BCUT2D eigenvalue weighted by molar-refractivity contribution is 0.305. The lowest BCUT2D eigenvalue weighted by Gasteiger charge is -2.09. The minimum atomic E-state index is 0.252. The second kappa shape index (κ2) is 7.61. The Kier molecular flexibility index (Phi) is 5.54. The number of ether oxygens (including phenoxy) is 1. The van der Waals surface area contributed by atoms with Crippen molar-refractivity contribution in [1.82, 2.24) is 0 Å². The van der Waals surface area contributed by atoms with Crippen LogP contribution < -0.4 is 4.74 Å². The molecule has 0 amide bonds. The molecule has 0 fully saturated rings.